The summed E-state index contributed by atoms with van der Waals surface area (Å²) in [6, 6.07) is 12.2. The summed E-state index contributed by atoms with van der Waals surface area (Å²) < 4.78 is 24.3. The number of nitrogens with one attached hydrogen (secondary N) is 2. The lowest BCUT2D eigenvalue weighted by atomic mass is 9.99. The second-order valence-corrected chi connectivity index (χ2v) is 13.1. The van der Waals surface area contributed by atoms with Gasteiger partial charge in [0.1, 0.15) is 11.8 Å². The summed E-state index contributed by atoms with van der Waals surface area (Å²) >= 11 is 0. The first-order chi connectivity index (χ1) is 19.5. The molecule has 3 aromatic rings. The van der Waals surface area contributed by atoms with Crippen LogP contribution in [0.2, 0.25) is 0 Å². The molecule has 1 aliphatic heterocycles. The number of pyridine rings is 1. The summed E-state index contributed by atoms with van der Waals surface area (Å²) in [5.41, 5.74) is 3.74. The van der Waals surface area contributed by atoms with Crippen molar-refractivity contribution in [2.45, 2.75) is 57.3 Å². The van der Waals surface area contributed by atoms with E-state index in [0.717, 1.165) is 41.1 Å². The molecule has 41 heavy (non-hydrogen) atoms. The van der Waals surface area contributed by atoms with Gasteiger partial charge in [-0.2, -0.15) is 0 Å². The third-order valence-electron chi connectivity index (χ3n) is 7.89. The number of sulfone groups is 1. The van der Waals surface area contributed by atoms with Gasteiger partial charge in [0.05, 0.1) is 35.5 Å². The largest absolute Gasteiger partial charge is 0.341 e. The van der Waals surface area contributed by atoms with Crippen LogP contribution in [0.1, 0.15) is 43.7 Å². The number of likely N-dealkylation sites (N-methyl/N-ethyl adjacent to an activating group) is 1. The zero-order chi connectivity index (χ0) is 29.5. The van der Waals surface area contributed by atoms with Crippen molar-refractivity contribution in [2.75, 3.05) is 28.9 Å². The zero-order valence-corrected chi connectivity index (χ0v) is 24.4. The lowest BCUT2D eigenvalue weighted by Crippen LogP contribution is -2.60. The molecule has 2 N–H and O–H groups in total. The molecule has 0 spiro atoms. The van der Waals surface area contributed by atoms with Crippen LogP contribution in [0, 0.1) is 0 Å². The minimum Gasteiger partial charge on any atom is -0.341 e. The summed E-state index contributed by atoms with van der Waals surface area (Å²) in [6.07, 6.45) is 4.98. The van der Waals surface area contributed by atoms with Crippen LogP contribution in [-0.4, -0.2) is 68.3 Å². The molecule has 2 aromatic carbocycles. The Kier molecular flexibility index (Phi) is 7.85. The molecule has 2 heterocycles. The Bertz CT molecular complexity index is 1620. The van der Waals surface area contributed by atoms with Crippen LogP contribution < -0.4 is 20.4 Å². The smallest absolute Gasteiger partial charge is 0.252 e. The molecule has 3 atom stereocenters. The molecule has 10 nitrogen and oxygen atoms in total. The SMILES string of the molecule is CNC(C)C(=O)N[C@@H]1C(=O)N(Cc2c(C3CC3)cnc3ccccc23)c2ccccc2N(C(=O)CS(C)(=O)=O)[C@H]1C. The van der Waals surface area contributed by atoms with Crippen LogP contribution in [0.3, 0.4) is 0 Å². The number of carbonyl (C=O) groups is 3. The second kappa shape index (κ2) is 11.2. The fourth-order valence-electron chi connectivity index (χ4n) is 5.46. The Labute approximate surface area is 240 Å². The zero-order valence-electron chi connectivity index (χ0n) is 23.6. The number of anilines is 2. The van der Waals surface area contributed by atoms with E-state index in [4.69, 9.17) is 0 Å². The Balaban J connectivity index is 1.67. The van der Waals surface area contributed by atoms with E-state index in [1.165, 1.54) is 4.90 Å². The molecule has 1 saturated carbocycles. The first kappa shape index (κ1) is 28.7. The maximum Gasteiger partial charge on any atom is 0.252 e. The fraction of sp³-hybridized carbons (Fsp3) is 0.400. The number of hydrogen-bond acceptors (Lipinski definition) is 7. The summed E-state index contributed by atoms with van der Waals surface area (Å²) in [7, 11) is -2.03. The van der Waals surface area contributed by atoms with Gasteiger partial charge in [0.25, 0.3) is 5.91 Å². The van der Waals surface area contributed by atoms with Crippen molar-refractivity contribution in [3.05, 3.63) is 65.9 Å². The molecule has 3 amide bonds. The van der Waals surface area contributed by atoms with Crippen molar-refractivity contribution in [1.82, 2.24) is 15.6 Å². The molecule has 2 aliphatic rings. The van der Waals surface area contributed by atoms with Gasteiger partial charge in [-0.3, -0.25) is 19.4 Å². The Morgan fingerprint density at radius 1 is 1.07 bits per heavy atom. The number of rotatable bonds is 8. The highest BCUT2D eigenvalue weighted by Crippen LogP contribution is 2.44. The number of hydrogen-bond donors (Lipinski definition) is 2. The molecule has 11 heteroatoms. The highest BCUT2D eigenvalue weighted by molar-refractivity contribution is 7.91. The van der Waals surface area contributed by atoms with E-state index in [2.05, 4.69) is 15.6 Å². The van der Waals surface area contributed by atoms with E-state index in [-0.39, 0.29) is 12.5 Å². The summed E-state index contributed by atoms with van der Waals surface area (Å²) in [4.78, 5) is 48.7. The van der Waals surface area contributed by atoms with Crippen LogP contribution in [-0.2, 0) is 30.8 Å². The van der Waals surface area contributed by atoms with Gasteiger partial charge in [0.2, 0.25) is 11.8 Å². The van der Waals surface area contributed by atoms with Gasteiger partial charge < -0.3 is 20.4 Å². The van der Waals surface area contributed by atoms with E-state index >= 15 is 0 Å². The molecule has 5 rings (SSSR count). The standard InChI is InChI=1S/C30H35N5O5S/c1-18(31-3)29(37)33-28-19(2)35(27(36)17-41(4,39)40)26-12-8-7-11-25(26)34(30(28)38)16-23-21-9-5-6-10-24(21)32-15-22(23)20-13-14-20/h5-12,15,18-20,28,31H,13-14,16-17H2,1-4H3,(H,33,37)/t18?,19-,28-/m0/s1. The molecule has 1 fully saturated rings. The number of nitrogens with zero attached hydrogens (tertiary/aromatic N) is 3. The second-order valence-electron chi connectivity index (χ2n) is 11.0. The van der Waals surface area contributed by atoms with Crippen LogP contribution in [0.4, 0.5) is 11.4 Å². The fourth-order valence-corrected chi connectivity index (χ4v) is 6.05. The molecule has 0 bridgehead atoms. The number of fused-ring (bicyclic) bond motifs is 2. The van der Waals surface area contributed by atoms with Crippen LogP contribution in [0.25, 0.3) is 10.9 Å². The maximum absolute atomic E-state index is 14.5. The lowest BCUT2D eigenvalue weighted by Gasteiger charge is -2.32. The van der Waals surface area contributed by atoms with Gasteiger partial charge in [-0.05, 0) is 69.0 Å². The average molecular weight is 578 g/mol. The Hall–Kier alpha value is -3.83. The van der Waals surface area contributed by atoms with E-state index < -0.39 is 45.5 Å². The van der Waals surface area contributed by atoms with Crippen molar-refractivity contribution in [3.8, 4) is 0 Å². The third-order valence-corrected chi connectivity index (χ3v) is 8.66. The molecular weight excluding hydrogens is 542 g/mol. The molecule has 0 radical (unpaired) electrons. The molecule has 1 aliphatic carbocycles. The number of para-hydroxylation sites is 3. The van der Waals surface area contributed by atoms with Gasteiger partial charge in [-0.25, -0.2) is 8.42 Å². The van der Waals surface area contributed by atoms with Crippen molar-refractivity contribution in [3.63, 3.8) is 0 Å². The van der Waals surface area contributed by atoms with Crippen molar-refractivity contribution >= 4 is 49.8 Å². The maximum atomic E-state index is 14.5. The predicted molar refractivity (Wildman–Crippen MR) is 158 cm³/mol. The van der Waals surface area contributed by atoms with Gasteiger partial charge in [0.15, 0.2) is 9.84 Å². The number of aromatic nitrogens is 1. The number of amides is 3. The van der Waals surface area contributed by atoms with Crippen LogP contribution in [0.15, 0.2) is 54.7 Å². The Morgan fingerprint density at radius 3 is 2.39 bits per heavy atom. The molecular formula is C30H35N5O5S. The normalized spacial score (nSPS) is 20.0. The minimum absolute atomic E-state index is 0.194. The van der Waals surface area contributed by atoms with Crippen molar-refractivity contribution in [1.29, 1.82) is 0 Å². The van der Waals surface area contributed by atoms with E-state index in [1.807, 2.05) is 30.5 Å². The first-order valence-electron chi connectivity index (χ1n) is 13.7. The quantitative estimate of drug-likeness (QED) is 0.421. The van der Waals surface area contributed by atoms with Gasteiger partial charge in [-0.15, -0.1) is 0 Å². The summed E-state index contributed by atoms with van der Waals surface area (Å²) in [5.74, 6) is -1.84. The first-order valence-corrected chi connectivity index (χ1v) is 15.8. The highest BCUT2D eigenvalue weighted by Gasteiger charge is 2.43. The van der Waals surface area contributed by atoms with Gasteiger partial charge >= 0.3 is 0 Å². The minimum atomic E-state index is -3.67. The van der Waals surface area contributed by atoms with Gasteiger partial charge in [0, 0.05) is 17.8 Å². The molecule has 0 saturated heterocycles. The topological polar surface area (TPSA) is 129 Å². The monoisotopic (exact) mass is 577 g/mol. The third kappa shape index (κ3) is 5.82. The van der Waals surface area contributed by atoms with E-state index in [9.17, 15) is 22.8 Å². The van der Waals surface area contributed by atoms with Crippen molar-refractivity contribution in [2.24, 2.45) is 0 Å². The van der Waals surface area contributed by atoms with Crippen LogP contribution in [0.5, 0.6) is 0 Å². The molecule has 216 valence electrons. The number of carbonyl (C=O) groups excluding carboxylic acids is 3. The summed E-state index contributed by atoms with van der Waals surface area (Å²) in [5, 5.41) is 6.66. The lowest BCUT2D eigenvalue weighted by molar-refractivity contribution is -0.129. The summed E-state index contributed by atoms with van der Waals surface area (Å²) in [6.45, 7) is 3.52. The molecule has 1 aromatic heterocycles. The van der Waals surface area contributed by atoms with Crippen LogP contribution >= 0.6 is 0 Å². The Morgan fingerprint density at radius 2 is 1.73 bits per heavy atom. The van der Waals surface area contributed by atoms with E-state index in [1.54, 1.807) is 50.1 Å². The van der Waals surface area contributed by atoms with E-state index in [0.29, 0.717) is 17.3 Å². The highest BCUT2D eigenvalue weighted by atomic mass is 32.2. The van der Waals surface area contributed by atoms with Crippen molar-refractivity contribution < 1.29 is 22.8 Å². The predicted octanol–water partition coefficient (Wildman–Crippen LogP) is 2.52. The average Bonchev–Trinajstić information content (AvgIpc) is 3.78. The number of benzene rings is 2. The molecule has 1 unspecified atom stereocenters. The van der Waals surface area contributed by atoms with Gasteiger partial charge in [-0.1, -0.05) is 30.3 Å².